The molecule has 1 saturated carbocycles. The third kappa shape index (κ3) is 1.81. The Morgan fingerprint density at radius 1 is 1.38 bits per heavy atom. The fraction of sp³-hybridized carbons (Fsp3) is 0.692. The van der Waals surface area contributed by atoms with Crippen LogP contribution in [0.15, 0.2) is 17.5 Å². The van der Waals surface area contributed by atoms with E-state index in [9.17, 15) is 0 Å². The molecule has 0 bridgehead atoms. The van der Waals surface area contributed by atoms with Gasteiger partial charge in [0.1, 0.15) is 0 Å². The molecule has 88 valence electrons. The molecule has 0 radical (unpaired) electrons. The number of likely N-dealkylation sites (tertiary alicyclic amines) is 1. The number of hydrogen-bond acceptors (Lipinski definition) is 3. The maximum atomic E-state index is 5.96. The summed E-state index contributed by atoms with van der Waals surface area (Å²) in [5, 5.41) is 2.16. The first-order chi connectivity index (χ1) is 7.88. The van der Waals surface area contributed by atoms with Gasteiger partial charge in [0.05, 0.1) is 6.04 Å². The molecule has 1 aromatic heterocycles. The number of hydrogen-bond donors (Lipinski definition) is 1. The van der Waals surface area contributed by atoms with Crippen LogP contribution in [0, 0.1) is 11.8 Å². The number of fused-ring (bicyclic) bond motifs is 1. The highest BCUT2D eigenvalue weighted by molar-refractivity contribution is 7.10. The van der Waals surface area contributed by atoms with E-state index in [1.807, 2.05) is 11.3 Å². The van der Waals surface area contributed by atoms with E-state index in [1.165, 1.54) is 37.2 Å². The van der Waals surface area contributed by atoms with Crippen LogP contribution in [0.25, 0.3) is 0 Å². The molecule has 2 aliphatic rings. The van der Waals surface area contributed by atoms with Crippen LogP contribution in [-0.2, 0) is 0 Å². The topological polar surface area (TPSA) is 29.3 Å². The Morgan fingerprint density at radius 2 is 2.12 bits per heavy atom. The highest BCUT2D eigenvalue weighted by Crippen LogP contribution is 2.41. The van der Waals surface area contributed by atoms with Gasteiger partial charge in [-0.05, 0) is 36.1 Å². The van der Waals surface area contributed by atoms with Crippen molar-refractivity contribution in [1.82, 2.24) is 4.90 Å². The van der Waals surface area contributed by atoms with Crippen LogP contribution in [0.2, 0.25) is 0 Å². The molecule has 1 aliphatic carbocycles. The number of nitrogens with zero attached hydrogens (tertiary/aromatic N) is 1. The Hall–Kier alpha value is -0.380. The number of thiophene rings is 1. The van der Waals surface area contributed by atoms with Crippen LogP contribution in [0.4, 0.5) is 0 Å². The second-order valence-electron chi connectivity index (χ2n) is 5.17. The predicted octanol–water partition coefficient (Wildman–Crippen LogP) is 2.48. The largest absolute Gasteiger partial charge is 0.329 e. The summed E-state index contributed by atoms with van der Waals surface area (Å²) < 4.78 is 0. The minimum absolute atomic E-state index is 0.477. The third-order valence-corrected chi connectivity index (χ3v) is 5.26. The fourth-order valence-corrected chi connectivity index (χ4v) is 4.33. The Balaban J connectivity index is 1.72. The molecule has 1 saturated heterocycles. The molecule has 2 N–H and O–H groups in total. The van der Waals surface area contributed by atoms with Gasteiger partial charge in [0.25, 0.3) is 0 Å². The van der Waals surface area contributed by atoms with Crippen molar-refractivity contribution in [3.05, 3.63) is 22.4 Å². The quantitative estimate of drug-likeness (QED) is 0.873. The lowest BCUT2D eigenvalue weighted by molar-refractivity contribution is 0.235. The normalized spacial score (nSPS) is 31.8. The zero-order valence-electron chi connectivity index (χ0n) is 9.64. The van der Waals surface area contributed by atoms with E-state index in [2.05, 4.69) is 22.4 Å². The molecule has 2 fully saturated rings. The predicted molar refractivity (Wildman–Crippen MR) is 68.5 cm³/mol. The summed E-state index contributed by atoms with van der Waals surface area (Å²) in [6, 6.07) is 4.85. The van der Waals surface area contributed by atoms with E-state index in [0.29, 0.717) is 6.04 Å². The van der Waals surface area contributed by atoms with Crippen LogP contribution in [0.3, 0.4) is 0 Å². The molecule has 2 nitrogen and oxygen atoms in total. The average molecular weight is 236 g/mol. The molecule has 3 unspecified atom stereocenters. The van der Waals surface area contributed by atoms with Gasteiger partial charge in [0.2, 0.25) is 0 Å². The van der Waals surface area contributed by atoms with Crippen molar-refractivity contribution in [2.24, 2.45) is 17.6 Å². The SMILES string of the molecule is NCC(c1cccs1)N1CC2CCCC2C1. The monoisotopic (exact) mass is 236 g/mol. The summed E-state index contributed by atoms with van der Waals surface area (Å²) in [6.45, 7) is 3.33. The first kappa shape index (κ1) is 10.8. The van der Waals surface area contributed by atoms with Gasteiger partial charge in [-0.1, -0.05) is 12.5 Å². The van der Waals surface area contributed by atoms with Gasteiger partial charge in [0, 0.05) is 24.5 Å². The maximum Gasteiger partial charge on any atom is 0.0564 e. The van der Waals surface area contributed by atoms with Gasteiger partial charge in [-0.2, -0.15) is 0 Å². The number of rotatable bonds is 3. The van der Waals surface area contributed by atoms with Gasteiger partial charge in [-0.3, -0.25) is 4.90 Å². The van der Waals surface area contributed by atoms with Gasteiger partial charge in [0.15, 0.2) is 0 Å². The highest BCUT2D eigenvalue weighted by Gasteiger charge is 2.38. The summed E-state index contributed by atoms with van der Waals surface area (Å²) in [7, 11) is 0. The smallest absolute Gasteiger partial charge is 0.0564 e. The van der Waals surface area contributed by atoms with Crippen molar-refractivity contribution in [2.75, 3.05) is 19.6 Å². The Bertz CT molecular complexity index is 324. The summed E-state index contributed by atoms with van der Waals surface area (Å²) in [4.78, 5) is 4.07. The summed E-state index contributed by atoms with van der Waals surface area (Å²) in [5.41, 5.74) is 5.96. The molecule has 3 heteroatoms. The lowest BCUT2D eigenvalue weighted by atomic mass is 10.0. The van der Waals surface area contributed by atoms with Crippen LogP contribution in [0.1, 0.15) is 30.2 Å². The summed E-state index contributed by atoms with van der Waals surface area (Å²) in [5.74, 6) is 1.93. The molecular weight excluding hydrogens is 216 g/mol. The minimum atomic E-state index is 0.477. The average Bonchev–Trinajstić information content (AvgIpc) is 2.91. The minimum Gasteiger partial charge on any atom is -0.329 e. The van der Waals surface area contributed by atoms with E-state index in [1.54, 1.807) is 0 Å². The zero-order chi connectivity index (χ0) is 11.0. The third-order valence-electron chi connectivity index (χ3n) is 4.29. The summed E-state index contributed by atoms with van der Waals surface area (Å²) >= 11 is 1.85. The second kappa shape index (κ2) is 4.47. The summed E-state index contributed by atoms with van der Waals surface area (Å²) in [6.07, 6.45) is 4.35. The lowest BCUT2D eigenvalue weighted by Gasteiger charge is -2.26. The molecule has 3 atom stereocenters. The van der Waals surface area contributed by atoms with Crippen molar-refractivity contribution in [2.45, 2.75) is 25.3 Å². The zero-order valence-corrected chi connectivity index (χ0v) is 10.5. The van der Waals surface area contributed by atoms with Crippen molar-refractivity contribution in [1.29, 1.82) is 0 Å². The van der Waals surface area contributed by atoms with E-state index < -0.39 is 0 Å². The molecule has 16 heavy (non-hydrogen) atoms. The molecule has 1 aromatic rings. The van der Waals surface area contributed by atoms with Crippen LogP contribution < -0.4 is 5.73 Å². The van der Waals surface area contributed by atoms with Crippen LogP contribution in [0.5, 0.6) is 0 Å². The van der Waals surface area contributed by atoms with Crippen molar-refractivity contribution in [3.8, 4) is 0 Å². The van der Waals surface area contributed by atoms with E-state index in [4.69, 9.17) is 5.73 Å². The molecule has 2 heterocycles. The first-order valence-corrected chi connectivity index (χ1v) is 7.24. The Labute approximate surface area is 101 Å². The van der Waals surface area contributed by atoms with Crippen molar-refractivity contribution in [3.63, 3.8) is 0 Å². The van der Waals surface area contributed by atoms with Crippen molar-refractivity contribution >= 4 is 11.3 Å². The van der Waals surface area contributed by atoms with Gasteiger partial charge in [-0.25, -0.2) is 0 Å². The van der Waals surface area contributed by atoms with Gasteiger partial charge >= 0.3 is 0 Å². The second-order valence-corrected chi connectivity index (χ2v) is 6.15. The highest BCUT2D eigenvalue weighted by atomic mass is 32.1. The number of nitrogens with two attached hydrogens (primary N) is 1. The molecule has 0 amide bonds. The van der Waals surface area contributed by atoms with E-state index in [-0.39, 0.29) is 0 Å². The molecular formula is C13H20N2S. The molecule has 3 rings (SSSR count). The maximum absolute atomic E-state index is 5.96. The van der Waals surface area contributed by atoms with E-state index >= 15 is 0 Å². The van der Waals surface area contributed by atoms with Gasteiger partial charge in [-0.15, -0.1) is 11.3 Å². The van der Waals surface area contributed by atoms with Crippen LogP contribution >= 0.6 is 11.3 Å². The molecule has 0 aromatic carbocycles. The molecule has 0 spiro atoms. The first-order valence-electron chi connectivity index (χ1n) is 6.36. The van der Waals surface area contributed by atoms with E-state index in [0.717, 1.165) is 18.4 Å². The standard InChI is InChI=1S/C13H20N2S/c14-7-12(13-5-2-6-16-13)15-8-10-3-1-4-11(10)9-15/h2,5-6,10-12H,1,3-4,7-9,14H2. The Morgan fingerprint density at radius 3 is 2.69 bits per heavy atom. The lowest BCUT2D eigenvalue weighted by Crippen LogP contribution is -2.32. The van der Waals surface area contributed by atoms with Gasteiger partial charge < -0.3 is 5.73 Å². The molecule has 1 aliphatic heterocycles. The van der Waals surface area contributed by atoms with Crippen LogP contribution in [-0.4, -0.2) is 24.5 Å². The van der Waals surface area contributed by atoms with Crippen molar-refractivity contribution < 1.29 is 0 Å². The fourth-order valence-electron chi connectivity index (χ4n) is 3.45. The Kier molecular flexibility index (Phi) is 3.01.